The number of aromatic nitrogens is 1. The van der Waals surface area contributed by atoms with Crippen LogP contribution in [0.4, 0.5) is 24.5 Å². The van der Waals surface area contributed by atoms with Crippen molar-refractivity contribution in [1.29, 1.82) is 5.26 Å². The summed E-state index contributed by atoms with van der Waals surface area (Å²) in [6.07, 6.45) is -1.78. The maximum atomic E-state index is 13.9. The number of halogens is 5. The lowest BCUT2D eigenvalue weighted by Gasteiger charge is -2.35. The summed E-state index contributed by atoms with van der Waals surface area (Å²) in [5, 5.41) is 18.6. The Morgan fingerprint density at radius 1 is 1.15 bits per heavy atom. The molecule has 212 valence electrons. The molecule has 2 radical (unpaired) electrons. The van der Waals surface area contributed by atoms with Crippen molar-refractivity contribution in [3.05, 3.63) is 75.7 Å². The van der Waals surface area contributed by atoms with Crippen molar-refractivity contribution >= 4 is 53.3 Å². The van der Waals surface area contributed by atoms with Crippen molar-refractivity contribution in [3.63, 3.8) is 0 Å². The van der Waals surface area contributed by atoms with Crippen LogP contribution in [0.1, 0.15) is 44.7 Å². The number of hydrazine groups is 2. The van der Waals surface area contributed by atoms with Gasteiger partial charge in [0.05, 0.1) is 32.9 Å². The van der Waals surface area contributed by atoms with Gasteiger partial charge >= 0.3 is 6.18 Å². The molecule has 4 N–H and O–H groups in total. The highest BCUT2D eigenvalue weighted by Gasteiger charge is 2.67. The quantitative estimate of drug-likeness (QED) is 0.229. The molecule has 5 rings (SSSR count). The number of nitriles is 1. The van der Waals surface area contributed by atoms with Crippen LogP contribution in [0.25, 0.3) is 10.9 Å². The number of benzene rings is 2. The van der Waals surface area contributed by atoms with E-state index in [1.807, 2.05) is 0 Å². The molecule has 0 amide bonds. The highest BCUT2D eigenvalue weighted by molar-refractivity contribution is 6.36. The monoisotopic (exact) mass is 599 g/mol. The third-order valence-electron chi connectivity index (χ3n) is 7.19. The van der Waals surface area contributed by atoms with Gasteiger partial charge in [0, 0.05) is 35.0 Å². The van der Waals surface area contributed by atoms with Gasteiger partial charge in [-0.15, -0.1) is 5.53 Å². The summed E-state index contributed by atoms with van der Waals surface area (Å²) in [5.74, 6) is 0. The lowest BCUT2D eigenvalue weighted by atomic mass is 9.69. The lowest BCUT2D eigenvalue weighted by molar-refractivity contribution is -0.195. The molecule has 1 fully saturated rings. The Hall–Kier alpha value is -3.33. The lowest BCUT2D eigenvalue weighted by Crippen LogP contribution is -2.53. The SMILES string of the molecule is [B]C(Nc1cc(Cl)c2ncc(C#N)c(NCC(C)(C)C)c2c1)(C1=CN(C2(C(F)(F)F)CC2)NN1)c1ccccc1Cl. The molecule has 3 aromatic rings. The molecule has 13 heteroatoms. The second-order valence-corrected chi connectivity index (χ2v) is 12.3. The van der Waals surface area contributed by atoms with Crippen molar-refractivity contribution < 1.29 is 13.2 Å². The number of hydrogen-bond donors (Lipinski definition) is 4. The van der Waals surface area contributed by atoms with E-state index in [0.717, 1.165) is 5.01 Å². The molecule has 0 spiro atoms. The molecule has 41 heavy (non-hydrogen) atoms. The Labute approximate surface area is 247 Å². The number of fused-ring (bicyclic) bond motifs is 1. The van der Waals surface area contributed by atoms with Crippen LogP contribution in [0.2, 0.25) is 10.0 Å². The molecule has 1 saturated carbocycles. The smallest absolute Gasteiger partial charge is 0.383 e. The van der Waals surface area contributed by atoms with E-state index in [1.54, 1.807) is 36.4 Å². The van der Waals surface area contributed by atoms with Crippen LogP contribution >= 0.6 is 23.2 Å². The van der Waals surface area contributed by atoms with Gasteiger partial charge in [0.1, 0.15) is 13.9 Å². The second-order valence-electron chi connectivity index (χ2n) is 11.5. The zero-order chi connectivity index (χ0) is 29.8. The van der Waals surface area contributed by atoms with Gasteiger partial charge in [0.15, 0.2) is 5.54 Å². The molecule has 0 saturated heterocycles. The summed E-state index contributed by atoms with van der Waals surface area (Å²) in [7, 11) is 7.00. The zero-order valence-electron chi connectivity index (χ0n) is 22.5. The van der Waals surface area contributed by atoms with Crippen LogP contribution in [-0.4, -0.2) is 36.1 Å². The molecule has 1 aliphatic carbocycles. The molecule has 2 aliphatic rings. The Kier molecular flexibility index (Phi) is 7.25. The molecule has 7 nitrogen and oxygen atoms in total. The Balaban J connectivity index is 1.62. The molecular weight excluding hydrogens is 573 g/mol. The normalized spacial score (nSPS) is 17.8. The fourth-order valence-electron chi connectivity index (χ4n) is 4.77. The number of hydrogen-bond acceptors (Lipinski definition) is 7. The topological polar surface area (TPSA) is 88.0 Å². The number of nitrogens with zero attached hydrogens (tertiary/aromatic N) is 3. The first kappa shape index (κ1) is 29.2. The Bertz CT molecular complexity index is 1580. The van der Waals surface area contributed by atoms with Gasteiger partial charge in [0.2, 0.25) is 0 Å². The van der Waals surface area contributed by atoms with Crippen LogP contribution in [0.15, 0.2) is 54.5 Å². The summed E-state index contributed by atoms with van der Waals surface area (Å²) in [6.45, 7) is 6.75. The summed E-state index contributed by atoms with van der Waals surface area (Å²) in [4.78, 5) is 4.39. The van der Waals surface area contributed by atoms with Gasteiger partial charge in [-0.25, -0.2) is 0 Å². The standard InChI is InChI=1S/C28H27BCl2F3N7/c1-25(2,3)15-37-23-16(12-35)13-36-24-18(23)10-17(11-21(24)31)38-27(29,19-6-4-5-7-20(19)30)22-14-41(40-39-22)26(8-9-26)28(32,33)34/h4-7,10-11,13-14,38-40H,8-9,15H2,1-3H3,(H,36,37). The first-order chi connectivity index (χ1) is 19.2. The fourth-order valence-corrected chi connectivity index (χ4v) is 5.33. The molecule has 1 atom stereocenters. The van der Waals surface area contributed by atoms with Gasteiger partial charge in [-0.2, -0.15) is 18.4 Å². The molecule has 2 aromatic carbocycles. The van der Waals surface area contributed by atoms with Crippen LogP contribution in [0.5, 0.6) is 0 Å². The van der Waals surface area contributed by atoms with Gasteiger partial charge in [0.25, 0.3) is 0 Å². The van der Waals surface area contributed by atoms with E-state index < -0.39 is 17.2 Å². The maximum absolute atomic E-state index is 13.9. The minimum atomic E-state index is -4.45. The maximum Gasteiger partial charge on any atom is 0.413 e. The van der Waals surface area contributed by atoms with E-state index in [0.29, 0.717) is 45.0 Å². The summed E-state index contributed by atoms with van der Waals surface area (Å²) in [5.41, 5.74) is 4.10. The molecule has 2 heterocycles. The number of pyridine rings is 1. The molecule has 0 bridgehead atoms. The highest BCUT2D eigenvalue weighted by atomic mass is 35.5. The summed E-state index contributed by atoms with van der Waals surface area (Å²) < 4.78 is 41.6. The van der Waals surface area contributed by atoms with E-state index in [-0.39, 0.29) is 29.0 Å². The van der Waals surface area contributed by atoms with Gasteiger partial charge in [-0.3, -0.25) is 9.99 Å². The second kappa shape index (κ2) is 10.2. The molecule has 1 aromatic heterocycles. The first-order valence-corrected chi connectivity index (χ1v) is 13.6. The van der Waals surface area contributed by atoms with Gasteiger partial charge in [-0.05, 0) is 42.0 Å². The number of nitrogens with one attached hydrogen (secondary N) is 4. The van der Waals surface area contributed by atoms with Crippen LogP contribution in [-0.2, 0) is 5.44 Å². The van der Waals surface area contributed by atoms with Gasteiger partial charge < -0.3 is 16.1 Å². The predicted octanol–water partition coefficient (Wildman–Crippen LogP) is 6.57. The summed E-state index contributed by atoms with van der Waals surface area (Å²) >= 11 is 13.2. The Morgan fingerprint density at radius 2 is 1.85 bits per heavy atom. The number of rotatable bonds is 7. The molecule has 1 aliphatic heterocycles. The van der Waals surface area contributed by atoms with E-state index in [4.69, 9.17) is 31.0 Å². The van der Waals surface area contributed by atoms with Crippen molar-refractivity contribution in [1.82, 2.24) is 21.0 Å². The molecular formula is C28H27BCl2F3N7. The van der Waals surface area contributed by atoms with E-state index in [2.05, 4.69) is 53.4 Å². The average Bonchev–Trinajstić information content (AvgIpc) is 3.57. The van der Waals surface area contributed by atoms with Crippen LogP contribution < -0.4 is 21.6 Å². The zero-order valence-corrected chi connectivity index (χ0v) is 24.1. The van der Waals surface area contributed by atoms with Crippen LogP contribution in [0, 0.1) is 16.7 Å². The predicted molar refractivity (Wildman–Crippen MR) is 156 cm³/mol. The van der Waals surface area contributed by atoms with E-state index in [1.165, 1.54) is 12.4 Å². The van der Waals surface area contributed by atoms with Crippen molar-refractivity contribution in [2.24, 2.45) is 5.41 Å². The first-order valence-electron chi connectivity index (χ1n) is 12.9. The number of alkyl halides is 3. The molecule has 1 unspecified atom stereocenters. The highest BCUT2D eigenvalue weighted by Crippen LogP contribution is 2.54. The third-order valence-corrected chi connectivity index (χ3v) is 7.81. The third kappa shape index (κ3) is 5.36. The minimum absolute atomic E-state index is 0.0507. The average molecular weight is 600 g/mol. The van der Waals surface area contributed by atoms with E-state index >= 15 is 0 Å². The minimum Gasteiger partial charge on any atom is -0.383 e. The Morgan fingerprint density at radius 3 is 2.46 bits per heavy atom. The van der Waals surface area contributed by atoms with E-state index in [9.17, 15) is 18.4 Å². The van der Waals surface area contributed by atoms with Gasteiger partial charge in [-0.1, -0.05) is 62.2 Å². The van der Waals surface area contributed by atoms with Crippen molar-refractivity contribution in [2.75, 3.05) is 17.2 Å². The largest absolute Gasteiger partial charge is 0.413 e. The van der Waals surface area contributed by atoms with Crippen molar-refractivity contribution in [3.8, 4) is 6.07 Å². The van der Waals surface area contributed by atoms with Crippen molar-refractivity contribution in [2.45, 2.75) is 50.8 Å². The summed E-state index contributed by atoms with van der Waals surface area (Å²) in [6, 6.07) is 12.3. The van der Waals surface area contributed by atoms with Crippen LogP contribution in [0.3, 0.4) is 0 Å². The fraction of sp³-hybridized carbons (Fsp3) is 0.357. The number of anilines is 2.